The van der Waals surface area contributed by atoms with Gasteiger partial charge in [0.1, 0.15) is 23.3 Å². The highest BCUT2D eigenvalue weighted by molar-refractivity contribution is 5.82. The minimum absolute atomic E-state index is 0.0657. The lowest BCUT2D eigenvalue weighted by molar-refractivity contribution is 0.414. The van der Waals surface area contributed by atoms with Crippen molar-refractivity contribution in [1.82, 2.24) is 0 Å². The second-order valence-electron chi connectivity index (χ2n) is 4.57. The molecule has 0 aliphatic carbocycles. The van der Waals surface area contributed by atoms with E-state index in [2.05, 4.69) is 0 Å². The molecule has 4 nitrogen and oxygen atoms in total. The van der Waals surface area contributed by atoms with E-state index in [1.807, 2.05) is 24.3 Å². The Morgan fingerprint density at radius 1 is 0.905 bits per heavy atom. The van der Waals surface area contributed by atoms with Crippen LogP contribution in [0.4, 0.5) is 0 Å². The third-order valence-corrected chi connectivity index (χ3v) is 3.38. The van der Waals surface area contributed by atoms with Crippen molar-refractivity contribution in [2.75, 3.05) is 14.2 Å². The fraction of sp³-hybridized carbons (Fsp3) is 0.118. The van der Waals surface area contributed by atoms with E-state index in [1.54, 1.807) is 32.4 Å². The molecule has 0 aliphatic heterocycles. The van der Waals surface area contributed by atoms with Crippen molar-refractivity contribution in [2.45, 2.75) is 0 Å². The van der Waals surface area contributed by atoms with Gasteiger partial charge in [0, 0.05) is 6.07 Å². The van der Waals surface area contributed by atoms with Crippen LogP contribution in [0.25, 0.3) is 22.1 Å². The third kappa shape index (κ3) is 2.36. The maximum Gasteiger partial charge on any atom is 0.200 e. The first-order chi connectivity index (χ1) is 10.2. The van der Waals surface area contributed by atoms with Crippen LogP contribution in [0, 0.1) is 0 Å². The van der Waals surface area contributed by atoms with Crippen LogP contribution < -0.4 is 14.9 Å². The molecule has 2 aromatic carbocycles. The molecule has 0 radical (unpaired) electrons. The Bertz CT molecular complexity index is 832. The van der Waals surface area contributed by atoms with Crippen LogP contribution in [-0.2, 0) is 0 Å². The number of hydrogen-bond acceptors (Lipinski definition) is 4. The van der Waals surface area contributed by atoms with E-state index in [0.717, 1.165) is 11.3 Å². The van der Waals surface area contributed by atoms with Gasteiger partial charge in [0.25, 0.3) is 0 Å². The SMILES string of the molecule is COc1ccc(-[13c]2[13cH]oc3cc(OC)ccc3[13c]2=O)cc1. The molecule has 0 spiro atoms. The van der Waals surface area contributed by atoms with E-state index in [1.165, 1.54) is 6.26 Å². The average molecular weight is 285 g/mol. The van der Waals surface area contributed by atoms with Crippen molar-refractivity contribution in [1.29, 1.82) is 0 Å². The highest BCUT2D eigenvalue weighted by Crippen LogP contribution is 2.24. The van der Waals surface area contributed by atoms with Gasteiger partial charge in [0.2, 0.25) is 0 Å². The Morgan fingerprint density at radius 3 is 2.24 bits per heavy atom. The fourth-order valence-electron chi connectivity index (χ4n) is 2.21. The monoisotopic (exact) mass is 285 g/mol. The number of rotatable bonds is 3. The van der Waals surface area contributed by atoms with Gasteiger partial charge in [-0.1, -0.05) is 12.1 Å². The van der Waals surface area contributed by atoms with Crippen LogP contribution in [0.5, 0.6) is 11.5 Å². The van der Waals surface area contributed by atoms with Gasteiger partial charge in [-0.2, -0.15) is 0 Å². The smallest absolute Gasteiger partial charge is 0.200 e. The van der Waals surface area contributed by atoms with E-state index < -0.39 is 0 Å². The lowest BCUT2D eigenvalue weighted by Crippen LogP contribution is -2.04. The highest BCUT2D eigenvalue weighted by Gasteiger charge is 2.10. The molecule has 3 aromatic rings. The largest absolute Gasteiger partial charge is 0.497 e. The topological polar surface area (TPSA) is 48.7 Å². The van der Waals surface area contributed by atoms with Crippen molar-refractivity contribution < 1.29 is 13.9 Å². The molecular formula is C17H14O4. The summed E-state index contributed by atoms with van der Waals surface area (Å²) in [6.45, 7) is 0. The predicted octanol–water partition coefficient (Wildman–Crippen LogP) is 3.48. The van der Waals surface area contributed by atoms with E-state index in [-0.39, 0.29) is 5.43 Å². The van der Waals surface area contributed by atoms with Crippen LogP contribution in [0.1, 0.15) is 0 Å². The van der Waals surface area contributed by atoms with Crippen molar-refractivity contribution in [2.24, 2.45) is 0 Å². The van der Waals surface area contributed by atoms with Crippen LogP contribution in [0.2, 0.25) is 0 Å². The summed E-state index contributed by atoms with van der Waals surface area (Å²) in [6.07, 6.45) is 1.48. The van der Waals surface area contributed by atoms with E-state index >= 15 is 0 Å². The first kappa shape index (κ1) is 13.2. The molecule has 1 heterocycles. The maximum absolute atomic E-state index is 12.6. The van der Waals surface area contributed by atoms with Gasteiger partial charge in [-0.15, -0.1) is 0 Å². The van der Waals surface area contributed by atoms with Crippen molar-refractivity contribution >= 4 is 11.0 Å². The van der Waals surface area contributed by atoms with Gasteiger partial charge in [0.15, 0.2) is 5.43 Å². The first-order valence-corrected chi connectivity index (χ1v) is 6.47. The van der Waals surface area contributed by atoms with Gasteiger partial charge in [-0.05, 0) is 29.8 Å². The molecule has 0 amide bonds. The normalized spacial score (nSPS) is 10.6. The summed E-state index contributed by atoms with van der Waals surface area (Å²) in [6, 6.07) is 12.5. The van der Waals surface area contributed by atoms with E-state index in [0.29, 0.717) is 22.3 Å². The Morgan fingerprint density at radius 2 is 1.57 bits per heavy atom. The fourth-order valence-corrected chi connectivity index (χ4v) is 2.21. The molecule has 4 heteroatoms. The van der Waals surface area contributed by atoms with Gasteiger partial charge < -0.3 is 13.9 Å². The quantitative estimate of drug-likeness (QED) is 0.739. The predicted molar refractivity (Wildman–Crippen MR) is 81.0 cm³/mol. The number of methoxy groups -OCH3 is 2. The summed E-state index contributed by atoms with van der Waals surface area (Å²) in [5.74, 6) is 1.40. The zero-order chi connectivity index (χ0) is 14.8. The molecule has 1 aromatic heterocycles. The number of hydrogen-bond donors (Lipinski definition) is 0. The molecule has 106 valence electrons. The van der Waals surface area contributed by atoms with Crippen LogP contribution >= 0.6 is 0 Å². The number of fused-ring (bicyclic) bond motifs is 1. The van der Waals surface area contributed by atoms with Gasteiger partial charge in [-0.3, -0.25) is 4.79 Å². The number of ether oxygens (including phenoxy) is 2. The Kier molecular flexibility index (Phi) is 3.36. The minimum Gasteiger partial charge on any atom is -0.497 e. The van der Waals surface area contributed by atoms with Gasteiger partial charge in [0.05, 0.1) is 25.2 Å². The molecule has 0 aliphatic rings. The van der Waals surface area contributed by atoms with E-state index in [4.69, 9.17) is 13.9 Å². The lowest BCUT2D eigenvalue weighted by Gasteiger charge is -2.05. The van der Waals surface area contributed by atoms with Crippen molar-refractivity contribution in [3.8, 4) is 22.6 Å². The Balaban J connectivity index is 2.15. The van der Waals surface area contributed by atoms with Gasteiger partial charge >= 0.3 is 0 Å². The molecule has 0 atom stereocenters. The first-order valence-electron chi connectivity index (χ1n) is 6.47. The standard InChI is InChI=1S/C17H14O4/c1-19-12-5-3-11(4-6-12)15-10-21-16-9-13(20-2)7-8-14(16)17(15)18/h3-10H,1-2H3/i10+1,15+1,17+1. The third-order valence-electron chi connectivity index (χ3n) is 3.38. The molecule has 0 saturated carbocycles. The van der Waals surface area contributed by atoms with Crippen LogP contribution in [-0.4, -0.2) is 14.2 Å². The lowest BCUT2D eigenvalue weighted by atomic mass is 10.2. The zero-order valence-electron chi connectivity index (χ0n) is 11.8. The second-order valence-corrected chi connectivity index (χ2v) is 4.57. The molecule has 3 rings (SSSR count). The summed E-state index contributed by atoms with van der Waals surface area (Å²) < 4.78 is 15.8. The Labute approximate surface area is 121 Å². The molecule has 0 N–H and O–H groups in total. The molecule has 21 heavy (non-hydrogen) atoms. The van der Waals surface area contributed by atoms with Crippen molar-refractivity contribution in [3.05, 3.63) is 59.0 Å². The summed E-state index contributed by atoms with van der Waals surface area (Å²) in [7, 11) is 3.18. The molecule has 0 fully saturated rings. The highest BCUT2D eigenvalue weighted by atomic mass is 16.5. The van der Waals surface area contributed by atoms with Crippen LogP contribution in [0.15, 0.2) is 57.9 Å². The number of benzene rings is 2. The molecule has 0 unspecified atom stereocenters. The van der Waals surface area contributed by atoms with Crippen LogP contribution in [0.3, 0.4) is 0 Å². The molecule has 0 bridgehead atoms. The minimum atomic E-state index is -0.0657. The average Bonchev–Trinajstić information content (AvgIpc) is 2.55. The van der Waals surface area contributed by atoms with Gasteiger partial charge in [-0.25, -0.2) is 0 Å². The summed E-state index contributed by atoms with van der Waals surface area (Å²) >= 11 is 0. The second kappa shape index (κ2) is 5.32. The summed E-state index contributed by atoms with van der Waals surface area (Å²) in [4.78, 5) is 12.6. The summed E-state index contributed by atoms with van der Waals surface area (Å²) in [5, 5.41) is 0.532. The zero-order valence-corrected chi connectivity index (χ0v) is 11.8. The molecule has 0 saturated heterocycles. The molecular weight excluding hydrogens is 271 g/mol. The summed E-state index contributed by atoms with van der Waals surface area (Å²) in [5.41, 5.74) is 1.76. The van der Waals surface area contributed by atoms with E-state index in [9.17, 15) is 4.79 Å². The van der Waals surface area contributed by atoms with Crippen molar-refractivity contribution in [3.63, 3.8) is 0 Å². The maximum atomic E-state index is 12.6. The Hall–Kier alpha value is -2.75.